The lowest BCUT2D eigenvalue weighted by Crippen LogP contribution is -2.19. The summed E-state index contributed by atoms with van der Waals surface area (Å²) < 4.78 is 0.766. The average Bonchev–Trinajstić information content (AvgIpc) is 2.77. The van der Waals surface area contributed by atoms with Crippen LogP contribution >= 0.6 is 27.3 Å². The highest BCUT2D eigenvalue weighted by Gasteiger charge is 2.11. The van der Waals surface area contributed by atoms with Crippen molar-refractivity contribution in [1.29, 1.82) is 0 Å². The minimum atomic E-state index is -0.626. The molecule has 2 rings (SSSR count). The monoisotopic (exact) mass is 339 g/mol. The molecule has 0 spiro atoms. The van der Waals surface area contributed by atoms with Gasteiger partial charge in [-0.2, -0.15) is 0 Å². The number of hydrogen-bond donors (Lipinski definition) is 3. The van der Waals surface area contributed by atoms with E-state index < -0.39 is 6.03 Å². The van der Waals surface area contributed by atoms with Crippen LogP contribution in [0.3, 0.4) is 0 Å². The van der Waals surface area contributed by atoms with E-state index in [4.69, 9.17) is 5.73 Å². The fourth-order valence-electron chi connectivity index (χ4n) is 1.42. The third-order valence-corrected chi connectivity index (χ3v) is 4.07. The summed E-state index contributed by atoms with van der Waals surface area (Å²) in [5.74, 6) is -0.183. The van der Waals surface area contributed by atoms with Crippen LogP contribution in [-0.2, 0) is 0 Å². The minimum Gasteiger partial charge on any atom is -0.351 e. The maximum atomic E-state index is 11.9. The highest BCUT2D eigenvalue weighted by molar-refractivity contribution is 9.10. The lowest BCUT2D eigenvalue weighted by Gasteiger charge is -2.06. The number of halogens is 1. The van der Waals surface area contributed by atoms with Crippen LogP contribution in [0, 0.1) is 0 Å². The number of carbonyl (C=O) groups is 2. The van der Waals surface area contributed by atoms with Gasteiger partial charge in [0, 0.05) is 15.8 Å². The van der Waals surface area contributed by atoms with E-state index in [0.717, 1.165) is 4.47 Å². The van der Waals surface area contributed by atoms with E-state index in [1.807, 2.05) is 11.4 Å². The van der Waals surface area contributed by atoms with Gasteiger partial charge in [-0.1, -0.05) is 0 Å². The van der Waals surface area contributed by atoms with Crippen molar-refractivity contribution in [2.75, 3.05) is 10.6 Å². The Morgan fingerprint density at radius 1 is 1.05 bits per heavy atom. The van der Waals surface area contributed by atoms with E-state index in [-0.39, 0.29) is 5.91 Å². The van der Waals surface area contributed by atoms with E-state index >= 15 is 0 Å². The molecule has 3 amide bonds. The number of carbonyl (C=O) groups excluding carboxylic acids is 2. The first kappa shape index (κ1) is 13.6. The number of urea groups is 1. The third-order valence-electron chi connectivity index (χ3n) is 2.23. The highest BCUT2D eigenvalue weighted by Crippen LogP contribution is 2.24. The summed E-state index contributed by atoms with van der Waals surface area (Å²) in [5.41, 5.74) is 6.21. The molecule has 1 aromatic carbocycles. The molecular weight excluding hydrogens is 330 g/mol. The van der Waals surface area contributed by atoms with Crippen LogP contribution < -0.4 is 16.4 Å². The molecule has 0 aliphatic rings. The summed E-state index contributed by atoms with van der Waals surface area (Å²) in [6.45, 7) is 0. The Labute approximate surface area is 121 Å². The molecule has 1 heterocycles. The quantitative estimate of drug-likeness (QED) is 0.801. The standard InChI is InChI=1S/C12H10BrN3O2S/c13-9-5-6-19-10(9)11(17)15-7-1-3-8(4-2-7)16-12(14)18/h1-6H,(H,15,17)(H3,14,16,18). The van der Waals surface area contributed by atoms with Crippen LogP contribution in [0.1, 0.15) is 9.67 Å². The Bertz CT molecular complexity index is 610. The zero-order valence-corrected chi connectivity index (χ0v) is 12.0. The van der Waals surface area contributed by atoms with Crippen molar-refractivity contribution in [3.8, 4) is 0 Å². The number of rotatable bonds is 3. The summed E-state index contributed by atoms with van der Waals surface area (Å²) in [6, 6.07) is 7.88. The second kappa shape index (κ2) is 5.85. The fourth-order valence-corrected chi connectivity index (χ4v) is 2.87. The van der Waals surface area contributed by atoms with Crippen molar-refractivity contribution in [2.24, 2.45) is 5.73 Å². The number of hydrogen-bond acceptors (Lipinski definition) is 3. The summed E-state index contributed by atoms with van der Waals surface area (Å²) in [4.78, 5) is 23.2. The number of anilines is 2. The number of nitrogens with one attached hydrogen (secondary N) is 2. The molecule has 5 nitrogen and oxygen atoms in total. The summed E-state index contributed by atoms with van der Waals surface area (Å²) in [7, 11) is 0. The van der Waals surface area contributed by atoms with E-state index in [0.29, 0.717) is 16.3 Å². The second-order valence-corrected chi connectivity index (χ2v) is 5.39. The van der Waals surface area contributed by atoms with Crippen LogP contribution in [0.15, 0.2) is 40.2 Å². The van der Waals surface area contributed by atoms with Crippen LogP contribution in [0.4, 0.5) is 16.2 Å². The van der Waals surface area contributed by atoms with Gasteiger partial charge in [-0.3, -0.25) is 4.79 Å². The molecule has 0 saturated heterocycles. The Hall–Kier alpha value is -1.86. The van der Waals surface area contributed by atoms with Gasteiger partial charge in [0.05, 0.1) is 0 Å². The van der Waals surface area contributed by atoms with Gasteiger partial charge in [0.25, 0.3) is 5.91 Å². The van der Waals surface area contributed by atoms with E-state index in [2.05, 4.69) is 26.6 Å². The molecule has 7 heteroatoms. The normalized spacial score (nSPS) is 9.95. The highest BCUT2D eigenvalue weighted by atomic mass is 79.9. The Morgan fingerprint density at radius 2 is 1.63 bits per heavy atom. The van der Waals surface area contributed by atoms with Gasteiger partial charge < -0.3 is 16.4 Å². The molecule has 0 aliphatic carbocycles. The van der Waals surface area contributed by atoms with Gasteiger partial charge in [0.2, 0.25) is 0 Å². The van der Waals surface area contributed by atoms with Crippen molar-refractivity contribution in [1.82, 2.24) is 0 Å². The summed E-state index contributed by atoms with van der Waals surface area (Å²) >= 11 is 4.66. The number of amides is 3. The van der Waals surface area contributed by atoms with Gasteiger partial charge in [-0.25, -0.2) is 4.79 Å². The number of primary amides is 1. The molecule has 0 radical (unpaired) electrons. The van der Waals surface area contributed by atoms with Crippen molar-refractivity contribution in [2.45, 2.75) is 0 Å². The Balaban J connectivity index is 2.06. The second-order valence-electron chi connectivity index (χ2n) is 3.62. The van der Waals surface area contributed by atoms with Crippen LogP contribution in [0.5, 0.6) is 0 Å². The molecule has 0 unspecified atom stereocenters. The number of benzene rings is 1. The maximum absolute atomic E-state index is 11.9. The van der Waals surface area contributed by atoms with Gasteiger partial charge in [0.1, 0.15) is 4.88 Å². The minimum absolute atomic E-state index is 0.183. The first-order valence-corrected chi connectivity index (χ1v) is 6.94. The zero-order valence-electron chi connectivity index (χ0n) is 9.64. The molecular formula is C12H10BrN3O2S. The first-order chi connectivity index (χ1) is 9.06. The van der Waals surface area contributed by atoms with E-state index in [9.17, 15) is 9.59 Å². The summed E-state index contributed by atoms with van der Waals surface area (Å²) in [6.07, 6.45) is 0. The molecule has 0 atom stereocenters. The van der Waals surface area contributed by atoms with Crippen molar-refractivity contribution in [3.05, 3.63) is 45.1 Å². The van der Waals surface area contributed by atoms with Crippen molar-refractivity contribution in [3.63, 3.8) is 0 Å². The zero-order chi connectivity index (χ0) is 13.8. The predicted octanol–water partition coefficient (Wildman–Crippen LogP) is 3.25. The molecule has 98 valence electrons. The Kier molecular flexibility index (Phi) is 4.18. The molecule has 0 saturated carbocycles. The van der Waals surface area contributed by atoms with Crippen LogP contribution in [-0.4, -0.2) is 11.9 Å². The van der Waals surface area contributed by atoms with Gasteiger partial charge in [-0.05, 0) is 51.6 Å². The largest absolute Gasteiger partial charge is 0.351 e. The lowest BCUT2D eigenvalue weighted by molar-refractivity contribution is 0.103. The van der Waals surface area contributed by atoms with Crippen molar-refractivity contribution < 1.29 is 9.59 Å². The Morgan fingerprint density at radius 3 is 2.11 bits per heavy atom. The molecule has 2 aromatic rings. The maximum Gasteiger partial charge on any atom is 0.316 e. The molecule has 0 fully saturated rings. The molecule has 19 heavy (non-hydrogen) atoms. The van der Waals surface area contributed by atoms with E-state index in [1.54, 1.807) is 24.3 Å². The lowest BCUT2D eigenvalue weighted by atomic mass is 10.2. The van der Waals surface area contributed by atoms with Crippen LogP contribution in [0.25, 0.3) is 0 Å². The van der Waals surface area contributed by atoms with Gasteiger partial charge >= 0.3 is 6.03 Å². The van der Waals surface area contributed by atoms with Crippen LogP contribution in [0.2, 0.25) is 0 Å². The third kappa shape index (κ3) is 3.55. The SMILES string of the molecule is NC(=O)Nc1ccc(NC(=O)c2sccc2Br)cc1. The number of nitrogens with two attached hydrogens (primary N) is 1. The average molecular weight is 340 g/mol. The summed E-state index contributed by atoms with van der Waals surface area (Å²) in [5, 5.41) is 7.04. The smallest absolute Gasteiger partial charge is 0.316 e. The topological polar surface area (TPSA) is 84.2 Å². The predicted molar refractivity (Wildman–Crippen MR) is 79.6 cm³/mol. The van der Waals surface area contributed by atoms with Gasteiger partial charge in [-0.15, -0.1) is 11.3 Å². The molecule has 4 N–H and O–H groups in total. The molecule has 0 aliphatic heterocycles. The first-order valence-electron chi connectivity index (χ1n) is 5.27. The molecule has 1 aromatic heterocycles. The van der Waals surface area contributed by atoms with Gasteiger partial charge in [0.15, 0.2) is 0 Å². The van der Waals surface area contributed by atoms with E-state index in [1.165, 1.54) is 11.3 Å². The number of thiophene rings is 1. The molecule has 0 bridgehead atoms. The van der Waals surface area contributed by atoms with Crippen molar-refractivity contribution >= 4 is 50.6 Å². The fraction of sp³-hybridized carbons (Fsp3) is 0.